The van der Waals surface area contributed by atoms with Gasteiger partial charge in [0.2, 0.25) is 0 Å². The van der Waals surface area contributed by atoms with E-state index in [4.69, 9.17) is 0 Å². The van der Waals surface area contributed by atoms with Crippen molar-refractivity contribution in [3.05, 3.63) is 48.3 Å². The number of nitrogens with zero attached hydrogens (tertiary/aromatic N) is 2. The summed E-state index contributed by atoms with van der Waals surface area (Å²) in [6, 6.07) is 11.4. The Morgan fingerprint density at radius 3 is 2.62 bits per heavy atom. The van der Waals surface area contributed by atoms with Crippen LogP contribution in [0.4, 0.5) is 0 Å². The van der Waals surface area contributed by atoms with Crippen molar-refractivity contribution in [2.75, 3.05) is 19.6 Å². The SMILES string of the molecule is CCCNCCNC(=O)c1ccn(-c2ccccc2)n1.Cl. The minimum Gasteiger partial charge on any atom is -0.349 e. The van der Waals surface area contributed by atoms with Crippen molar-refractivity contribution in [1.29, 1.82) is 0 Å². The Kier molecular flexibility index (Phi) is 7.50. The van der Waals surface area contributed by atoms with Crippen molar-refractivity contribution in [2.45, 2.75) is 13.3 Å². The number of amides is 1. The molecule has 21 heavy (non-hydrogen) atoms. The molecule has 0 saturated heterocycles. The summed E-state index contributed by atoms with van der Waals surface area (Å²) in [6.45, 7) is 4.47. The minimum atomic E-state index is -0.141. The third-order valence-electron chi connectivity index (χ3n) is 2.86. The van der Waals surface area contributed by atoms with Gasteiger partial charge in [0.25, 0.3) is 5.91 Å². The lowest BCUT2D eigenvalue weighted by molar-refractivity contribution is 0.0948. The number of hydrogen-bond donors (Lipinski definition) is 2. The first-order valence-corrected chi connectivity index (χ1v) is 6.91. The van der Waals surface area contributed by atoms with Crippen molar-refractivity contribution in [1.82, 2.24) is 20.4 Å². The van der Waals surface area contributed by atoms with Crippen LogP contribution in [0.5, 0.6) is 0 Å². The predicted molar refractivity (Wildman–Crippen MR) is 86.3 cm³/mol. The van der Waals surface area contributed by atoms with E-state index in [0.717, 1.165) is 25.2 Å². The largest absolute Gasteiger partial charge is 0.349 e. The number of hydrogen-bond acceptors (Lipinski definition) is 3. The Labute approximate surface area is 131 Å². The van der Waals surface area contributed by atoms with Crippen LogP contribution in [-0.4, -0.2) is 35.3 Å². The van der Waals surface area contributed by atoms with Crippen molar-refractivity contribution < 1.29 is 4.79 Å². The molecule has 0 radical (unpaired) electrons. The van der Waals surface area contributed by atoms with Gasteiger partial charge in [0, 0.05) is 19.3 Å². The maximum Gasteiger partial charge on any atom is 0.271 e. The highest BCUT2D eigenvalue weighted by molar-refractivity contribution is 5.92. The maximum atomic E-state index is 11.9. The number of carbonyl (C=O) groups is 1. The summed E-state index contributed by atoms with van der Waals surface area (Å²) in [5.74, 6) is -0.141. The van der Waals surface area contributed by atoms with Gasteiger partial charge >= 0.3 is 0 Å². The Hall–Kier alpha value is -1.85. The molecule has 1 amide bonds. The third kappa shape index (κ3) is 5.21. The number of para-hydroxylation sites is 1. The number of nitrogens with one attached hydrogen (secondary N) is 2. The van der Waals surface area contributed by atoms with Crippen LogP contribution < -0.4 is 10.6 Å². The number of rotatable bonds is 7. The molecule has 0 spiro atoms. The first-order chi connectivity index (χ1) is 9.81. The van der Waals surface area contributed by atoms with Crippen LogP contribution in [0.15, 0.2) is 42.6 Å². The van der Waals surface area contributed by atoms with Crippen LogP contribution in [-0.2, 0) is 0 Å². The van der Waals surface area contributed by atoms with Gasteiger partial charge in [-0.2, -0.15) is 5.10 Å². The first kappa shape index (κ1) is 17.2. The molecule has 0 aliphatic carbocycles. The zero-order valence-electron chi connectivity index (χ0n) is 12.1. The average Bonchev–Trinajstić information content (AvgIpc) is 2.98. The van der Waals surface area contributed by atoms with Crippen molar-refractivity contribution >= 4 is 18.3 Å². The average molecular weight is 309 g/mol. The molecule has 1 aromatic carbocycles. The van der Waals surface area contributed by atoms with Gasteiger partial charge in [0.1, 0.15) is 0 Å². The normalized spacial score (nSPS) is 9.95. The molecule has 0 atom stereocenters. The van der Waals surface area contributed by atoms with E-state index in [9.17, 15) is 4.79 Å². The van der Waals surface area contributed by atoms with Gasteiger partial charge < -0.3 is 10.6 Å². The van der Waals surface area contributed by atoms with E-state index < -0.39 is 0 Å². The number of benzene rings is 1. The predicted octanol–water partition coefficient (Wildman–Crippen LogP) is 2.02. The summed E-state index contributed by atoms with van der Waals surface area (Å²) < 4.78 is 1.70. The monoisotopic (exact) mass is 308 g/mol. The molecule has 0 aliphatic rings. The number of halogens is 1. The molecule has 0 aliphatic heterocycles. The molecule has 2 rings (SSSR count). The van der Waals surface area contributed by atoms with E-state index in [1.165, 1.54) is 0 Å². The van der Waals surface area contributed by atoms with Crippen LogP contribution in [0.3, 0.4) is 0 Å². The lowest BCUT2D eigenvalue weighted by atomic mass is 10.3. The van der Waals surface area contributed by atoms with E-state index >= 15 is 0 Å². The second-order valence-electron chi connectivity index (χ2n) is 4.49. The molecule has 1 aromatic heterocycles. The molecule has 2 N–H and O–H groups in total. The van der Waals surface area contributed by atoms with Gasteiger partial charge in [-0.05, 0) is 31.2 Å². The molecular weight excluding hydrogens is 288 g/mol. The zero-order valence-corrected chi connectivity index (χ0v) is 12.9. The fourth-order valence-corrected chi connectivity index (χ4v) is 1.83. The smallest absolute Gasteiger partial charge is 0.271 e. The molecule has 5 nitrogen and oxygen atoms in total. The maximum absolute atomic E-state index is 11.9. The van der Waals surface area contributed by atoms with Gasteiger partial charge in [-0.15, -0.1) is 12.4 Å². The van der Waals surface area contributed by atoms with Crippen LogP contribution in [0.1, 0.15) is 23.8 Å². The fraction of sp³-hybridized carbons (Fsp3) is 0.333. The van der Waals surface area contributed by atoms with Gasteiger partial charge in [-0.1, -0.05) is 25.1 Å². The van der Waals surface area contributed by atoms with E-state index in [2.05, 4.69) is 22.7 Å². The van der Waals surface area contributed by atoms with Gasteiger partial charge in [0.15, 0.2) is 5.69 Å². The molecule has 0 fully saturated rings. The Bertz CT molecular complexity index is 542. The number of aromatic nitrogens is 2. The zero-order chi connectivity index (χ0) is 14.2. The molecule has 0 bridgehead atoms. The van der Waals surface area contributed by atoms with Crippen LogP contribution in [0, 0.1) is 0 Å². The first-order valence-electron chi connectivity index (χ1n) is 6.91. The minimum absolute atomic E-state index is 0. The summed E-state index contributed by atoms with van der Waals surface area (Å²) in [5.41, 5.74) is 1.38. The van der Waals surface area contributed by atoms with Crippen LogP contribution >= 0.6 is 12.4 Å². The molecule has 114 valence electrons. The fourth-order valence-electron chi connectivity index (χ4n) is 1.83. The lowest BCUT2D eigenvalue weighted by Crippen LogP contribution is -2.32. The van der Waals surface area contributed by atoms with Crippen molar-refractivity contribution in [3.63, 3.8) is 0 Å². The Morgan fingerprint density at radius 2 is 1.90 bits per heavy atom. The van der Waals surface area contributed by atoms with Crippen molar-refractivity contribution in [2.24, 2.45) is 0 Å². The highest BCUT2D eigenvalue weighted by Gasteiger charge is 2.09. The lowest BCUT2D eigenvalue weighted by Gasteiger charge is -2.04. The summed E-state index contributed by atoms with van der Waals surface area (Å²) in [5, 5.41) is 10.4. The van der Waals surface area contributed by atoms with Gasteiger partial charge in [-0.25, -0.2) is 4.68 Å². The standard InChI is InChI=1S/C15H20N4O.ClH/c1-2-9-16-10-11-17-15(20)14-8-12-19(18-14)13-6-4-3-5-7-13;/h3-8,12,16H,2,9-11H2,1H3,(H,17,20);1H. The molecule has 1 heterocycles. The summed E-state index contributed by atoms with van der Waals surface area (Å²) in [6.07, 6.45) is 2.88. The summed E-state index contributed by atoms with van der Waals surface area (Å²) in [7, 11) is 0. The van der Waals surface area contributed by atoms with Crippen molar-refractivity contribution in [3.8, 4) is 5.69 Å². The van der Waals surface area contributed by atoms with Crippen LogP contribution in [0.25, 0.3) is 5.69 Å². The quantitative estimate of drug-likeness (QED) is 0.769. The molecule has 6 heteroatoms. The van der Waals surface area contributed by atoms with Gasteiger partial charge in [-0.3, -0.25) is 4.79 Å². The highest BCUT2D eigenvalue weighted by atomic mass is 35.5. The third-order valence-corrected chi connectivity index (χ3v) is 2.86. The molecular formula is C15H21ClN4O. The molecule has 0 saturated carbocycles. The van der Waals surface area contributed by atoms with E-state index in [-0.39, 0.29) is 18.3 Å². The second kappa shape index (κ2) is 9.15. The number of carbonyl (C=O) groups excluding carboxylic acids is 1. The molecule has 2 aromatic rings. The van der Waals surface area contributed by atoms with Gasteiger partial charge in [0.05, 0.1) is 5.69 Å². The van der Waals surface area contributed by atoms with E-state index in [1.807, 2.05) is 30.3 Å². The van der Waals surface area contributed by atoms with E-state index in [0.29, 0.717) is 12.2 Å². The Morgan fingerprint density at radius 1 is 1.14 bits per heavy atom. The summed E-state index contributed by atoms with van der Waals surface area (Å²) in [4.78, 5) is 11.9. The highest BCUT2D eigenvalue weighted by Crippen LogP contribution is 2.06. The Balaban J connectivity index is 0.00000220. The topological polar surface area (TPSA) is 58.9 Å². The summed E-state index contributed by atoms with van der Waals surface area (Å²) >= 11 is 0. The molecule has 0 unspecified atom stereocenters. The second-order valence-corrected chi connectivity index (χ2v) is 4.49. The van der Waals surface area contributed by atoms with Crippen LogP contribution in [0.2, 0.25) is 0 Å². The van der Waals surface area contributed by atoms with E-state index in [1.54, 1.807) is 16.9 Å².